The number of nitrogens with one attached hydrogen (secondary N) is 1. The first-order valence-electron chi connectivity index (χ1n) is 7.22. The summed E-state index contributed by atoms with van der Waals surface area (Å²) in [7, 11) is 0. The Morgan fingerprint density at radius 3 is 2.86 bits per heavy atom. The highest BCUT2D eigenvalue weighted by atomic mass is 35.5. The van der Waals surface area contributed by atoms with Gasteiger partial charge in [-0.25, -0.2) is 0 Å². The molecule has 0 radical (unpaired) electrons. The Morgan fingerprint density at radius 2 is 2.18 bits per heavy atom. The predicted octanol–water partition coefficient (Wildman–Crippen LogP) is 3.56. The van der Waals surface area contributed by atoms with Gasteiger partial charge in [-0.15, -0.1) is 12.4 Å². The molecule has 0 spiro atoms. The average molecular weight is 367 g/mol. The molecule has 1 fully saturated rings. The van der Waals surface area contributed by atoms with Crippen molar-refractivity contribution >= 4 is 47.2 Å². The van der Waals surface area contributed by atoms with Crippen LogP contribution in [0.5, 0.6) is 0 Å². The van der Waals surface area contributed by atoms with Crippen molar-refractivity contribution in [1.82, 2.24) is 4.90 Å². The molecular weight excluding hydrogens is 345 g/mol. The number of piperidine rings is 1. The molecular formula is C15H22Cl3N3O. The second-order valence-corrected chi connectivity index (χ2v) is 6.33. The van der Waals surface area contributed by atoms with Gasteiger partial charge >= 0.3 is 0 Å². The molecule has 1 heterocycles. The van der Waals surface area contributed by atoms with Crippen LogP contribution in [0.4, 0.5) is 5.69 Å². The van der Waals surface area contributed by atoms with Gasteiger partial charge in [0.1, 0.15) is 0 Å². The lowest BCUT2D eigenvalue weighted by atomic mass is 9.97. The van der Waals surface area contributed by atoms with Crippen LogP contribution in [0.3, 0.4) is 0 Å². The summed E-state index contributed by atoms with van der Waals surface area (Å²) in [6.07, 6.45) is 3.32. The summed E-state index contributed by atoms with van der Waals surface area (Å²) in [6, 6.07) is 5.52. The highest BCUT2D eigenvalue weighted by Gasteiger charge is 2.27. The summed E-state index contributed by atoms with van der Waals surface area (Å²) in [6.45, 7) is 3.23. The number of likely N-dealkylation sites (tertiary alicyclic amines) is 1. The fraction of sp³-hybridized carbons (Fsp3) is 0.533. The van der Waals surface area contributed by atoms with Crippen molar-refractivity contribution in [2.75, 3.05) is 18.4 Å². The van der Waals surface area contributed by atoms with Gasteiger partial charge < -0.3 is 11.1 Å². The molecule has 124 valence electrons. The quantitative estimate of drug-likeness (QED) is 0.856. The molecule has 1 aliphatic heterocycles. The van der Waals surface area contributed by atoms with Gasteiger partial charge in [-0.3, -0.25) is 9.69 Å². The Kier molecular flexibility index (Phi) is 7.94. The maximum Gasteiger partial charge on any atom is 0.238 e. The number of carbonyl (C=O) groups is 1. The summed E-state index contributed by atoms with van der Waals surface area (Å²) < 4.78 is 0. The van der Waals surface area contributed by atoms with E-state index in [1.807, 2.05) is 6.92 Å². The van der Waals surface area contributed by atoms with Crippen molar-refractivity contribution < 1.29 is 4.79 Å². The zero-order chi connectivity index (χ0) is 15.4. The van der Waals surface area contributed by atoms with E-state index in [0.29, 0.717) is 22.3 Å². The third kappa shape index (κ3) is 5.00. The topological polar surface area (TPSA) is 58.4 Å². The molecule has 1 aliphatic rings. The fourth-order valence-electron chi connectivity index (χ4n) is 2.78. The first-order chi connectivity index (χ1) is 9.99. The van der Waals surface area contributed by atoms with Gasteiger partial charge in [0.05, 0.1) is 22.3 Å². The van der Waals surface area contributed by atoms with Crippen LogP contribution in [-0.4, -0.2) is 36.0 Å². The second kappa shape index (κ2) is 8.94. The highest BCUT2D eigenvalue weighted by Crippen LogP contribution is 2.29. The van der Waals surface area contributed by atoms with E-state index in [2.05, 4.69) is 10.2 Å². The maximum atomic E-state index is 12.2. The number of carbonyl (C=O) groups excluding carboxylic acids is 1. The Hall–Kier alpha value is -0.520. The van der Waals surface area contributed by atoms with Gasteiger partial charge in [0.25, 0.3) is 0 Å². The van der Waals surface area contributed by atoms with Crippen molar-refractivity contribution in [2.24, 2.45) is 5.73 Å². The van der Waals surface area contributed by atoms with Gasteiger partial charge in [0.2, 0.25) is 5.91 Å². The third-order valence-electron chi connectivity index (χ3n) is 3.84. The number of hydrogen-bond acceptors (Lipinski definition) is 3. The van der Waals surface area contributed by atoms with E-state index in [1.54, 1.807) is 18.2 Å². The standard InChI is InChI=1S/C15H21Cl2N3O.ClH/c1-10(18)13-7-2-3-8-20(13)9-14(21)19-12-6-4-5-11(16)15(12)17;/h4-6,10,13H,2-3,7-9,18H2,1H3,(H,19,21);1H. The van der Waals surface area contributed by atoms with E-state index in [4.69, 9.17) is 28.9 Å². The van der Waals surface area contributed by atoms with Crippen LogP contribution < -0.4 is 11.1 Å². The van der Waals surface area contributed by atoms with Gasteiger partial charge in [0.15, 0.2) is 0 Å². The van der Waals surface area contributed by atoms with Crippen molar-refractivity contribution in [3.05, 3.63) is 28.2 Å². The first kappa shape index (κ1) is 19.5. The lowest BCUT2D eigenvalue weighted by molar-refractivity contribution is -0.118. The number of anilines is 1. The molecule has 0 aromatic heterocycles. The highest BCUT2D eigenvalue weighted by molar-refractivity contribution is 6.43. The third-order valence-corrected chi connectivity index (χ3v) is 4.66. The first-order valence-corrected chi connectivity index (χ1v) is 7.98. The summed E-state index contributed by atoms with van der Waals surface area (Å²) >= 11 is 12.0. The van der Waals surface area contributed by atoms with Gasteiger partial charge in [0, 0.05) is 12.1 Å². The second-order valence-electron chi connectivity index (χ2n) is 5.54. The van der Waals surface area contributed by atoms with Gasteiger partial charge in [-0.2, -0.15) is 0 Å². The molecule has 1 aromatic rings. The minimum Gasteiger partial charge on any atom is -0.327 e. The SMILES string of the molecule is CC(N)C1CCCCN1CC(=O)Nc1cccc(Cl)c1Cl.Cl. The zero-order valence-electron chi connectivity index (χ0n) is 12.5. The molecule has 0 bridgehead atoms. The van der Waals surface area contributed by atoms with E-state index >= 15 is 0 Å². The monoisotopic (exact) mass is 365 g/mol. The maximum absolute atomic E-state index is 12.2. The molecule has 0 aliphatic carbocycles. The van der Waals surface area contributed by atoms with Gasteiger partial charge in [-0.05, 0) is 38.4 Å². The number of hydrogen-bond donors (Lipinski definition) is 2. The Bertz CT molecular complexity index is 511. The van der Waals surface area contributed by atoms with E-state index in [0.717, 1.165) is 19.4 Å². The van der Waals surface area contributed by atoms with E-state index < -0.39 is 0 Å². The Morgan fingerprint density at radius 1 is 1.45 bits per heavy atom. The molecule has 22 heavy (non-hydrogen) atoms. The molecule has 2 unspecified atom stereocenters. The lowest BCUT2D eigenvalue weighted by Gasteiger charge is -2.37. The lowest BCUT2D eigenvalue weighted by Crippen LogP contribution is -2.51. The van der Waals surface area contributed by atoms with Crippen molar-refractivity contribution in [1.29, 1.82) is 0 Å². The predicted molar refractivity (Wildman–Crippen MR) is 95.2 cm³/mol. The molecule has 2 rings (SSSR count). The number of benzene rings is 1. The van der Waals surface area contributed by atoms with Crippen molar-refractivity contribution in [3.8, 4) is 0 Å². The molecule has 7 heteroatoms. The van der Waals surface area contributed by atoms with E-state index in [9.17, 15) is 4.79 Å². The van der Waals surface area contributed by atoms with Gasteiger partial charge in [-0.1, -0.05) is 35.7 Å². The number of halogens is 3. The minimum atomic E-state index is -0.0910. The summed E-state index contributed by atoms with van der Waals surface area (Å²) in [5, 5.41) is 3.62. The number of nitrogens with two attached hydrogens (primary N) is 1. The molecule has 1 aromatic carbocycles. The van der Waals surface area contributed by atoms with E-state index in [-0.39, 0.29) is 30.4 Å². The Labute approximate surface area is 147 Å². The fourth-order valence-corrected chi connectivity index (χ4v) is 3.13. The largest absolute Gasteiger partial charge is 0.327 e. The van der Waals surface area contributed by atoms with E-state index in [1.165, 1.54) is 6.42 Å². The molecule has 3 N–H and O–H groups in total. The number of nitrogens with zero attached hydrogens (tertiary/aromatic N) is 1. The smallest absolute Gasteiger partial charge is 0.238 e. The molecule has 4 nitrogen and oxygen atoms in total. The average Bonchev–Trinajstić information content (AvgIpc) is 2.44. The van der Waals surface area contributed by atoms with Crippen molar-refractivity contribution in [3.63, 3.8) is 0 Å². The number of rotatable bonds is 4. The van der Waals surface area contributed by atoms with Crippen LogP contribution in [0.25, 0.3) is 0 Å². The normalized spacial score (nSPS) is 20.1. The molecule has 1 amide bonds. The summed E-state index contributed by atoms with van der Waals surface area (Å²) in [5.41, 5.74) is 6.56. The Balaban J connectivity index is 0.00000242. The van der Waals surface area contributed by atoms with Crippen molar-refractivity contribution in [2.45, 2.75) is 38.3 Å². The molecule has 0 saturated carbocycles. The van der Waals surface area contributed by atoms with Crippen LogP contribution in [-0.2, 0) is 4.79 Å². The van der Waals surface area contributed by atoms with Crippen LogP contribution in [0.1, 0.15) is 26.2 Å². The van der Waals surface area contributed by atoms with Crippen LogP contribution >= 0.6 is 35.6 Å². The van der Waals surface area contributed by atoms with Crippen LogP contribution in [0, 0.1) is 0 Å². The van der Waals surface area contributed by atoms with Crippen LogP contribution in [0.15, 0.2) is 18.2 Å². The number of amides is 1. The zero-order valence-corrected chi connectivity index (χ0v) is 14.8. The summed E-state index contributed by atoms with van der Waals surface area (Å²) in [5.74, 6) is -0.0910. The summed E-state index contributed by atoms with van der Waals surface area (Å²) in [4.78, 5) is 14.4. The molecule has 2 atom stereocenters. The molecule has 1 saturated heterocycles. The minimum absolute atomic E-state index is 0. The van der Waals surface area contributed by atoms with Crippen LogP contribution in [0.2, 0.25) is 10.0 Å².